The summed E-state index contributed by atoms with van der Waals surface area (Å²) in [6.45, 7) is 17.3. The van der Waals surface area contributed by atoms with E-state index in [-0.39, 0.29) is 24.0 Å². The highest BCUT2D eigenvalue weighted by Crippen LogP contribution is 2.12. The Balaban J connectivity index is 0.00000676. The molecule has 162 valence electrons. The number of guanidine groups is 1. The zero-order chi connectivity index (χ0) is 19.0. The lowest BCUT2D eigenvalue weighted by Crippen LogP contribution is -2.42. The van der Waals surface area contributed by atoms with Crippen LogP contribution in [-0.4, -0.2) is 76.1 Å². The molecule has 0 spiro atoms. The molecule has 0 bridgehead atoms. The highest BCUT2D eigenvalue weighted by Gasteiger charge is 2.15. The van der Waals surface area contributed by atoms with Crippen LogP contribution in [0.3, 0.4) is 0 Å². The van der Waals surface area contributed by atoms with Crippen LogP contribution in [-0.2, 0) is 9.47 Å². The molecule has 0 aromatic heterocycles. The number of aliphatic imine (C=N–C) groups is 1. The smallest absolute Gasteiger partial charge is 0.191 e. The minimum Gasteiger partial charge on any atom is -0.381 e. The van der Waals surface area contributed by atoms with Gasteiger partial charge in [-0.05, 0) is 59.2 Å². The summed E-state index contributed by atoms with van der Waals surface area (Å²) in [5.74, 6) is 1.52. The van der Waals surface area contributed by atoms with Crippen molar-refractivity contribution in [3.05, 3.63) is 0 Å². The van der Waals surface area contributed by atoms with Crippen LogP contribution in [0.25, 0.3) is 0 Å². The number of halogens is 1. The van der Waals surface area contributed by atoms with Crippen LogP contribution in [0.4, 0.5) is 0 Å². The van der Waals surface area contributed by atoms with Crippen LogP contribution >= 0.6 is 24.0 Å². The van der Waals surface area contributed by atoms with E-state index >= 15 is 0 Å². The van der Waals surface area contributed by atoms with Gasteiger partial charge in [0.2, 0.25) is 0 Å². The van der Waals surface area contributed by atoms with E-state index in [1.165, 1.54) is 13.0 Å². The molecule has 0 radical (unpaired) electrons. The Bertz CT molecular complexity index is 362. The summed E-state index contributed by atoms with van der Waals surface area (Å²) in [5, 5.41) is 6.87. The van der Waals surface area contributed by atoms with Crippen molar-refractivity contribution in [3.8, 4) is 0 Å². The zero-order valence-electron chi connectivity index (χ0n) is 18.0. The number of ether oxygens (including phenoxy) is 2. The molecule has 0 aromatic rings. The van der Waals surface area contributed by atoms with Crippen molar-refractivity contribution in [1.82, 2.24) is 15.5 Å². The lowest BCUT2D eigenvalue weighted by atomic mass is 10.1. The fourth-order valence-corrected chi connectivity index (χ4v) is 3.11. The molecule has 1 aliphatic rings. The average molecular weight is 498 g/mol. The molecular formula is C20H43IN4O2. The van der Waals surface area contributed by atoms with Gasteiger partial charge in [0.15, 0.2) is 5.96 Å². The maximum absolute atomic E-state index is 5.74. The quantitative estimate of drug-likeness (QED) is 0.167. The molecule has 1 fully saturated rings. The Morgan fingerprint density at radius 1 is 1.26 bits per heavy atom. The molecule has 1 heterocycles. The van der Waals surface area contributed by atoms with Gasteiger partial charge in [0.05, 0.1) is 13.2 Å². The second-order valence-corrected chi connectivity index (χ2v) is 7.13. The molecular weight excluding hydrogens is 455 g/mol. The fraction of sp³-hybridized carbons (Fsp3) is 0.950. The second kappa shape index (κ2) is 17.9. The Morgan fingerprint density at radius 2 is 2.04 bits per heavy atom. The van der Waals surface area contributed by atoms with Crippen molar-refractivity contribution in [2.24, 2.45) is 10.9 Å². The van der Waals surface area contributed by atoms with Crippen LogP contribution < -0.4 is 10.6 Å². The fourth-order valence-electron chi connectivity index (χ4n) is 3.11. The summed E-state index contributed by atoms with van der Waals surface area (Å²) < 4.78 is 11.1. The van der Waals surface area contributed by atoms with Gasteiger partial charge >= 0.3 is 0 Å². The molecule has 0 amide bonds. The Kier molecular flexibility index (Phi) is 17.9. The number of hydrogen-bond acceptors (Lipinski definition) is 4. The van der Waals surface area contributed by atoms with Gasteiger partial charge in [0.25, 0.3) is 0 Å². The van der Waals surface area contributed by atoms with E-state index in [9.17, 15) is 0 Å². The monoisotopic (exact) mass is 498 g/mol. The highest BCUT2D eigenvalue weighted by molar-refractivity contribution is 14.0. The van der Waals surface area contributed by atoms with E-state index in [1.54, 1.807) is 0 Å². The highest BCUT2D eigenvalue weighted by atomic mass is 127. The number of hydrogen-bond donors (Lipinski definition) is 2. The molecule has 6 nitrogen and oxygen atoms in total. The van der Waals surface area contributed by atoms with Crippen LogP contribution in [0.1, 0.15) is 53.4 Å². The van der Waals surface area contributed by atoms with Crippen molar-refractivity contribution in [3.63, 3.8) is 0 Å². The molecule has 2 unspecified atom stereocenters. The second-order valence-electron chi connectivity index (χ2n) is 7.13. The van der Waals surface area contributed by atoms with Gasteiger partial charge in [-0.3, -0.25) is 4.99 Å². The minimum absolute atomic E-state index is 0. The maximum atomic E-state index is 5.74. The molecule has 27 heavy (non-hydrogen) atoms. The van der Waals surface area contributed by atoms with E-state index in [0.717, 1.165) is 77.8 Å². The summed E-state index contributed by atoms with van der Waals surface area (Å²) in [7, 11) is 0. The normalized spacial score (nSPS) is 18.4. The van der Waals surface area contributed by atoms with Gasteiger partial charge in [-0.15, -0.1) is 24.0 Å². The third-order valence-corrected chi connectivity index (χ3v) is 4.83. The first-order chi connectivity index (χ1) is 12.7. The van der Waals surface area contributed by atoms with Crippen LogP contribution in [0.15, 0.2) is 4.99 Å². The van der Waals surface area contributed by atoms with Gasteiger partial charge in [-0.1, -0.05) is 13.8 Å². The van der Waals surface area contributed by atoms with Gasteiger partial charge in [-0.2, -0.15) is 0 Å². The maximum Gasteiger partial charge on any atom is 0.191 e. The topological polar surface area (TPSA) is 58.1 Å². The third kappa shape index (κ3) is 13.7. The molecule has 0 saturated carbocycles. The Hall–Kier alpha value is -0.120. The van der Waals surface area contributed by atoms with Crippen molar-refractivity contribution in [2.45, 2.75) is 59.4 Å². The summed E-state index contributed by atoms with van der Waals surface area (Å²) in [6.07, 6.45) is 4.47. The van der Waals surface area contributed by atoms with Crippen LogP contribution in [0, 0.1) is 5.92 Å². The third-order valence-electron chi connectivity index (χ3n) is 4.83. The SMILES string of the molecule is CCNC(=NCCCOCC1CCOC1)NC(C)CCCN(CC)CC.I. The summed E-state index contributed by atoms with van der Waals surface area (Å²) in [6, 6.07) is 0.432. The Morgan fingerprint density at radius 3 is 2.67 bits per heavy atom. The van der Waals surface area contributed by atoms with Crippen LogP contribution in [0.2, 0.25) is 0 Å². The molecule has 0 aromatic carbocycles. The van der Waals surface area contributed by atoms with Crippen molar-refractivity contribution < 1.29 is 9.47 Å². The average Bonchev–Trinajstić information content (AvgIpc) is 3.15. The number of nitrogens with zero attached hydrogens (tertiary/aromatic N) is 2. The molecule has 2 atom stereocenters. The predicted octanol–water partition coefficient (Wildman–Crippen LogP) is 3.11. The summed E-state index contributed by atoms with van der Waals surface area (Å²) in [4.78, 5) is 7.15. The van der Waals surface area contributed by atoms with Gasteiger partial charge in [0, 0.05) is 38.3 Å². The van der Waals surface area contributed by atoms with Gasteiger partial charge in [-0.25, -0.2) is 0 Å². The first-order valence-corrected chi connectivity index (χ1v) is 10.6. The van der Waals surface area contributed by atoms with Gasteiger partial charge in [0.1, 0.15) is 0 Å². The standard InChI is InChI=1S/C20H42N4O2.HI/c1-5-21-20(23-18(4)10-8-13-24(6-2)7-3)22-12-9-14-25-16-19-11-15-26-17-19;/h18-19H,5-17H2,1-4H3,(H2,21,22,23);1H. The molecule has 1 aliphatic heterocycles. The largest absolute Gasteiger partial charge is 0.381 e. The summed E-state index contributed by atoms with van der Waals surface area (Å²) >= 11 is 0. The number of rotatable bonds is 14. The van der Waals surface area contributed by atoms with Crippen molar-refractivity contribution in [1.29, 1.82) is 0 Å². The molecule has 2 N–H and O–H groups in total. The van der Waals surface area contributed by atoms with Crippen LogP contribution in [0.5, 0.6) is 0 Å². The molecule has 0 aliphatic carbocycles. The molecule has 7 heteroatoms. The first kappa shape index (κ1) is 26.9. The van der Waals surface area contributed by atoms with E-state index in [0.29, 0.717) is 12.0 Å². The molecule has 1 rings (SSSR count). The predicted molar refractivity (Wildman–Crippen MR) is 125 cm³/mol. The first-order valence-electron chi connectivity index (χ1n) is 10.6. The van der Waals surface area contributed by atoms with Crippen molar-refractivity contribution in [2.75, 3.05) is 59.2 Å². The summed E-state index contributed by atoms with van der Waals surface area (Å²) in [5.41, 5.74) is 0. The van der Waals surface area contributed by atoms with E-state index in [4.69, 9.17) is 9.47 Å². The van der Waals surface area contributed by atoms with Crippen molar-refractivity contribution >= 4 is 29.9 Å². The van der Waals surface area contributed by atoms with E-state index < -0.39 is 0 Å². The lowest BCUT2D eigenvalue weighted by molar-refractivity contribution is 0.0893. The van der Waals surface area contributed by atoms with Gasteiger partial charge < -0.3 is 25.0 Å². The molecule has 1 saturated heterocycles. The Labute approximate surface area is 184 Å². The number of nitrogens with one attached hydrogen (secondary N) is 2. The lowest BCUT2D eigenvalue weighted by Gasteiger charge is -2.21. The zero-order valence-corrected chi connectivity index (χ0v) is 20.3. The van der Waals surface area contributed by atoms with E-state index in [1.807, 2.05) is 0 Å². The van der Waals surface area contributed by atoms with E-state index in [2.05, 4.69) is 48.2 Å². The minimum atomic E-state index is 0.